The van der Waals surface area contributed by atoms with Crippen LogP contribution in [0.1, 0.15) is 36.7 Å². The molecule has 0 atom stereocenters. The number of benzene rings is 1. The fourth-order valence-electron chi connectivity index (χ4n) is 3.12. The number of carbonyl (C=O) groups excluding carboxylic acids is 1. The van der Waals surface area contributed by atoms with E-state index in [4.69, 9.17) is 11.6 Å². The Morgan fingerprint density at radius 3 is 2.63 bits per heavy atom. The van der Waals surface area contributed by atoms with Gasteiger partial charge in [-0.15, -0.1) is 0 Å². The minimum atomic E-state index is -0.0641. The number of nitrogens with zero attached hydrogens (tertiary/aromatic N) is 4. The smallest absolute Gasteiger partial charge is 0.274 e. The first-order chi connectivity index (χ1) is 13.2. The topological polar surface area (TPSA) is 61.4 Å². The van der Waals surface area contributed by atoms with Crippen LogP contribution in [0.3, 0.4) is 0 Å². The number of halogens is 1. The largest absolute Gasteiger partial charge is 0.369 e. The first kappa shape index (κ1) is 19.4. The van der Waals surface area contributed by atoms with E-state index in [9.17, 15) is 4.79 Å². The summed E-state index contributed by atoms with van der Waals surface area (Å²) in [5, 5.41) is 3.96. The van der Waals surface area contributed by atoms with Crippen LogP contribution < -0.4 is 10.2 Å². The lowest BCUT2D eigenvalue weighted by Crippen LogP contribution is -2.49. The Morgan fingerprint density at radius 2 is 1.96 bits per heavy atom. The number of piperazine rings is 1. The fraction of sp³-hybridized carbons (Fsp3) is 0.450. The van der Waals surface area contributed by atoms with Gasteiger partial charge >= 0.3 is 0 Å². The molecule has 144 valence electrons. The molecule has 0 spiro atoms. The van der Waals surface area contributed by atoms with Crippen molar-refractivity contribution in [2.75, 3.05) is 42.9 Å². The molecule has 1 N–H and O–H groups in total. The van der Waals surface area contributed by atoms with Crippen molar-refractivity contribution in [3.05, 3.63) is 47.4 Å². The van der Waals surface area contributed by atoms with Crippen molar-refractivity contribution < 1.29 is 4.79 Å². The standard InChI is InChI=1S/C20H26ClN5O/c1-2-3-4-8-22-19-15-23-18(14-24-19)20(27)26-11-9-25(10-12-26)17-7-5-6-16(21)13-17/h5-7,13-15H,2-4,8-12H2,1H3,(H,22,24). The molecule has 1 aliphatic rings. The summed E-state index contributed by atoms with van der Waals surface area (Å²) in [6, 6.07) is 7.81. The van der Waals surface area contributed by atoms with Crippen LogP contribution in [0.2, 0.25) is 5.02 Å². The molecule has 0 aliphatic carbocycles. The second kappa shape index (κ2) is 9.55. The highest BCUT2D eigenvalue weighted by Crippen LogP contribution is 2.21. The van der Waals surface area contributed by atoms with Gasteiger partial charge in [0.2, 0.25) is 0 Å². The van der Waals surface area contributed by atoms with E-state index >= 15 is 0 Å². The molecule has 7 heteroatoms. The van der Waals surface area contributed by atoms with Gasteiger partial charge in [-0.05, 0) is 24.6 Å². The summed E-state index contributed by atoms with van der Waals surface area (Å²) < 4.78 is 0. The molecule has 0 saturated carbocycles. The van der Waals surface area contributed by atoms with Gasteiger partial charge in [0.15, 0.2) is 0 Å². The van der Waals surface area contributed by atoms with Gasteiger partial charge in [-0.25, -0.2) is 9.97 Å². The van der Waals surface area contributed by atoms with E-state index < -0.39 is 0 Å². The van der Waals surface area contributed by atoms with Crippen molar-refractivity contribution in [3.63, 3.8) is 0 Å². The van der Waals surface area contributed by atoms with E-state index in [-0.39, 0.29) is 5.91 Å². The van der Waals surface area contributed by atoms with Crippen LogP contribution >= 0.6 is 11.6 Å². The quantitative estimate of drug-likeness (QED) is 0.734. The van der Waals surface area contributed by atoms with Gasteiger partial charge < -0.3 is 15.1 Å². The first-order valence-electron chi connectivity index (χ1n) is 9.53. The molecule has 1 aliphatic heterocycles. The lowest BCUT2D eigenvalue weighted by atomic mass is 10.2. The van der Waals surface area contributed by atoms with Gasteiger partial charge in [-0.2, -0.15) is 0 Å². The van der Waals surface area contributed by atoms with Gasteiger partial charge in [0, 0.05) is 43.4 Å². The van der Waals surface area contributed by atoms with Gasteiger partial charge in [0.05, 0.1) is 12.4 Å². The van der Waals surface area contributed by atoms with Crippen LogP contribution in [-0.4, -0.2) is 53.5 Å². The van der Waals surface area contributed by atoms with Crippen molar-refractivity contribution in [3.8, 4) is 0 Å². The van der Waals surface area contributed by atoms with Crippen molar-refractivity contribution in [1.29, 1.82) is 0 Å². The second-order valence-corrected chi connectivity index (χ2v) is 7.12. The Hall–Kier alpha value is -2.34. The van der Waals surface area contributed by atoms with Crippen LogP contribution in [0.4, 0.5) is 11.5 Å². The maximum absolute atomic E-state index is 12.7. The highest BCUT2D eigenvalue weighted by molar-refractivity contribution is 6.30. The van der Waals surface area contributed by atoms with Crippen LogP contribution in [0.25, 0.3) is 0 Å². The van der Waals surface area contributed by atoms with Crippen molar-refractivity contribution >= 4 is 29.0 Å². The molecule has 0 radical (unpaired) electrons. The second-order valence-electron chi connectivity index (χ2n) is 6.68. The molecule has 6 nitrogen and oxygen atoms in total. The fourth-order valence-corrected chi connectivity index (χ4v) is 3.31. The zero-order chi connectivity index (χ0) is 19.1. The SMILES string of the molecule is CCCCCNc1cnc(C(=O)N2CCN(c3cccc(Cl)c3)CC2)cn1. The molecule has 2 heterocycles. The number of amides is 1. The van der Waals surface area contributed by atoms with E-state index in [0.29, 0.717) is 24.6 Å². The summed E-state index contributed by atoms with van der Waals surface area (Å²) in [6.07, 6.45) is 6.69. The maximum Gasteiger partial charge on any atom is 0.274 e. The Morgan fingerprint density at radius 1 is 1.15 bits per heavy atom. The van der Waals surface area contributed by atoms with E-state index in [2.05, 4.69) is 27.1 Å². The third-order valence-corrected chi connectivity index (χ3v) is 4.93. The minimum absolute atomic E-state index is 0.0641. The van der Waals surface area contributed by atoms with E-state index in [1.165, 1.54) is 12.8 Å². The predicted molar refractivity (Wildman–Crippen MR) is 110 cm³/mol. The Bertz CT molecular complexity index is 744. The predicted octanol–water partition coefficient (Wildman–Crippen LogP) is 3.69. The van der Waals surface area contributed by atoms with Crippen molar-refractivity contribution in [2.45, 2.75) is 26.2 Å². The highest BCUT2D eigenvalue weighted by atomic mass is 35.5. The normalized spacial score (nSPS) is 14.3. The molecular weight excluding hydrogens is 362 g/mol. The molecule has 2 aromatic rings. The zero-order valence-corrected chi connectivity index (χ0v) is 16.5. The van der Waals surface area contributed by atoms with Gasteiger partial charge in [-0.1, -0.05) is 37.4 Å². The van der Waals surface area contributed by atoms with Crippen LogP contribution in [0, 0.1) is 0 Å². The summed E-state index contributed by atoms with van der Waals surface area (Å²) in [7, 11) is 0. The average molecular weight is 388 g/mol. The van der Waals surface area contributed by atoms with Gasteiger partial charge in [0.1, 0.15) is 11.5 Å². The van der Waals surface area contributed by atoms with E-state index in [0.717, 1.165) is 36.8 Å². The molecule has 27 heavy (non-hydrogen) atoms. The Kier molecular flexibility index (Phi) is 6.87. The lowest BCUT2D eigenvalue weighted by molar-refractivity contribution is 0.0740. The summed E-state index contributed by atoms with van der Waals surface area (Å²) in [4.78, 5) is 25.4. The third-order valence-electron chi connectivity index (χ3n) is 4.70. The third kappa shape index (κ3) is 5.32. The van der Waals surface area contributed by atoms with Gasteiger partial charge in [0.25, 0.3) is 5.91 Å². The molecule has 0 bridgehead atoms. The van der Waals surface area contributed by atoms with Crippen LogP contribution in [0.5, 0.6) is 0 Å². The zero-order valence-electron chi connectivity index (χ0n) is 15.7. The molecule has 1 amide bonds. The number of hydrogen-bond acceptors (Lipinski definition) is 5. The molecule has 1 aromatic carbocycles. The summed E-state index contributed by atoms with van der Waals surface area (Å²) >= 11 is 6.07. The van der Waals surface area contributed by atoms with E-state index in [1.807, 2.05) is 29.2 Å². The number of anilines is 2. The van der Waals surface area contributed by atoms with Crippen molar-refractivity contribution in [1.82, 2.24) is 14.9 Å². The Labute approximate surface area is 165 Å². The van der Waals surface area contributed by atoms with E-state index in [1.54, 1.807) is 12.4 Å². The number of hydrogen-bond donors (Lipinski definition) is 1. The molecule has 1 aromatic heterocycles. The minimum Gasteiger partial charge on any atom is -0.369 e. The number of rotatable bonds is 7. The lowest BCUT2D eigenvalue weighted by Gasteiger charge is -2.36. The molecular formula is C20H26ClN5O. The highest BCUT2D eigenvalue weighted by Gasteiger charge is 2.23. The number of aromatic nitrogens is 2. The van der Waals surface area contributed by atoms with Gasteiger partial charge in [-0.3, -0.25) is 4.79 Å². The summed E-state index contributed by atoms with van der Waals surface area (Å²) in [5.41, 5.74) is 1.48. The molecule has 0 unspecified atom stereocenters. The monoisotopic (exact) mass is 387 g/mol. The molecule has 1 saturated heterocycles. The number of unbranched alkanes of at least 4 members (excludes halogenated alkanes) is 2. The van der Waals surface area contributed by atoms with Crippen LogP contribution in [0.15, 0.2) is 36.7 Å². The Balaban J connectivity index is 1.51. The van der Waals surface area contributed by atoms with Crippen molar-refractivity contribution in [2.24, 2.45) is 0 Å². The first-order valence-corrected chi connectivity index (χ1v) is 9.91. The number of carbonyl (C=O) groups is 1. The summed E-state index contributed by atoms with van der Waals surface area (Å²) in [6.45, 7) is 5.91. The van der Waals surface area contributed by atoms with Crippen LogP contribution in [-0.2, 0) is 0 Å². The average Bonchev–Trinajstić information content (AvgIpc) is 2.71. The maximum atomic E-state index is 12.7. The summed E-state index contributed by atoms with van der Waals surface area (Å²) in [5.74, 6) is 0.652. The molecule has 1 fully saturated rings. The number of nitrogens with one attached hydrogen (secondary N) is 1. The molecule has 3 rings (SSSR count).